The summed E-state index contributed by atoms with van der Waals surface area (Å²) in [7, 11) is 1.66. The zero-order valence-electron chi connectivity index (χ0n) is 17.3. The van der Waals surface area contributed by atoms with E-state index in [0.29, 0.717) is 48.8 Å². The molecule has 7 heteroatoms. The Morgan fingerprint density at radius 1 is 1.34 bits per heavy atom. The lowest BCUT2D eigenvalue weighted by atomic mass is 10.0. The Kier molecular flexibility index (Phi) is 6.82. The van der Waals surface area contributed by atoms with Crippen molar-refractivity contribution in [1.82, 2.24) is 14.8 Å². The van der Waals surface area contributed by atoms with E-state index in [9.17, 15) is 14.7 Å². The van der Waals surface area contributed by atoms with Crippen molar-refractivity contribution in [2.75, 3.05) is 39.9 Å². The van der Waals surface area contributed by atoms with Gasteiger partial charge in [0.15, 0.2) is 0 Å². The molecule has 1 aromatic heterocycles. The quantitative estimate of drug-likeness (QED) is 0.806. The van der Waals surface area contributed by atoms with Crippen LogP contribution in [0.25, 0.3) is 10.9 Å². The van der Waals surface area contributed by atoms with Crippen LogP contribution in [-0.2, 0) is 9.53 Å². The third-order valence-electron chi connectivity index (χ3n) is 5.08. The first kappa shape index (κ1) is 21.2. The van der Waals surface area contributed by atoms with Crippen molar-refractivity contribution in [3.63, 3.8) is 0 Å². The predicted octanol–water partition coefficient (Wildman–Crippen LogP) is 2.25. The number of carbonyl (C=O) groups excluding carboxylic acids is 2. The van der Waals surface area contributed by atoms with Crippen LogP contribution in [0.3, 0.4) is 0 Å². The standard InChI is InChI=1S/C22H29N3O4/c1-15(2)12-21(27)25-9-11-29-20(14-25)19-13-17(22(28)24(3)8-10-26)16-6-4-5-7-18(16)23-19/h4-7,13,15,20,26H,8-12,14H2,1-3H3/t20-/m1/s1. The van der Waals surface area contributed by atoms with Crippen LogP contribution in [0.2, 0.25) is 0 Å². The second-order valence-electron chi connectivity index (χ2n) is 7.86. The average molecular weight is 399 g/mol. The average Bonchev–Trinajstić information content (AvgIpc) is 2.72. The number of hydrogen-bond donors (Lipinski definition) is 1. The van der Waals surface area contributed by atoms with Crippen molar-refractivity contribution in [1.29, 1.82) is 0 Å². The van der Waals surface area contributed by atoms with Crippen molar-refractivity contribution >= 4 is 22.7 Å². The first-order chi connectivity index (χ1) is 13.9. The molecule has 3 rings (SSSR count). The summed E-state index contributed by atoms with van der Waals surface area (Å²) in [4.78, 5) is 33.5. The van der Waals surface area contributed by atoms with Gasteiger partial charge in [0.1, 0.15) is 6.10 Å². The molecule has 1 N–H and O–H groups in total. The Labute approximate surface area is 171 Å². The molecule has 1 fully saturated rings. The Morgan fingerprint density at radius 2 is 2.10 bits per heavy atom. The molecule has 0 spiro atoms. The van der Waals surface area contributed by atoms with Gasteiger partial charge in [0.05, 0.1) is 36.5 Å². The number of amides is 2. The summed E-state index contributed by atoms with van der Waals surface area (Å²) in [6.07, 6.45) is 0.132. The van der Waals surface area contributed by atoms with Gasteiger partial charge in [-0.05, 0) is 18.1 Å². The highest BCUT2D eigenvalue weighted by Crippen LogP contribution is 2.27. The molecule has 1 aromatic carbocycles. The second-order valence-corrected chi connectivity index (χ2v) is 7.86. The van der Waals surface area contributed by atoms with E-state index in [1.165, 1.54) is 4.90 Å². The number of hydrogen-bond acceptors (Lipinski definition) is 5. The number of benzene rings is 1. The number of fused-ring (bicyclic) bond motifs is 1. The van der Waals surface area contributed by atoms with E-state index in [0.717, 1.165) is 5.39 Å². The molecule has 0 unspecified atom stereocenters. The van der Waals surface area contributed by atoms with Crippen molar-refractivity contribution in [2.24, 2.45) is 5.92 Å². The molecule has 0 aliphatic carbocycles. The number of para-hydroxylation sites is 1. The summed E-state index contributed by atoms with van der Waals surface area (Å²) in [5.74, 6) is 0.240. The molecule has 0 saturated carbocycles. The van der Waals surface area contributed by atoms with Crippen LogP contribution >= 0.6 is 0 Å². The number of nitrogens with zero attached hydrogens (tertiary/aromatic N) is 3. The number of aliphatic hydroxyl groups excluding tert-OH is 1. The van der Waals surface area contributed by atoms with Gasteiger partial charge >= 0.3 is 0 Å². The predicted molar refractivity (Wildman–Crippen MR) is 111 cm³/mol. The van der Waals surface area contributed by atoms with Crippen LogP contribution in [0.15, 0.2) is 30.3 Å². The van der Waals surface area contributed by atoms with Crippen molar-refractivity contribution in [3.05, 3.63) is 41.6 Å². The molecule has 0 radical (unpaired) electrons. The van der Waals surface area contributed by atoms with Crippen molar-refractivity contribution < 1.29 is 19.4 Å². The number of aromatic nitrogens is 1. The number of aliphatic hydroxyl groups is 1. The number of carbonyl (C=O) groups is 2. The molecular weight excluding hydrogens is 370 g/mol. The number of ether oxygens (including phenoxy) is 1. The number of likely N-dealkylation sites (N-methyl/N-ethyl adjacent to an activating group) is 1. The maximum absolute atomic E-state index is 13.0. The number of morpholine rings is 1. The lowest BCUT2D eigenvalue weighted by Gasteiger charge is -2.33. The molecule has 1 saturated heterocycles. The van der Waals surface area contributed by atoms with Crippen LogP contribution in [0, 0.1) is 5.92 Å². The molecule has 2 heterocycles. The van der Waals surface area contributed by atoms with Gasteiger partial charge in [-0.2, -0.15) is 0 Å². The minimum atomic E-state index is -0.376. The summed E-state index contributed by atoms with van der Waals surface area (Å²) in [5.41, 5.74) is 1.88. The Balaban J connectivity index is 1.93. The fourth-order valence-corrected chi connectivity index (χ4v) is 3.53. The van der Waals surface area contributed by atoms with Gasteiger partial charge in [0.25, 0.3) is 5.91 Å². The normalized spacial score (nSPS) is 17.0. The maximum Gasteiger partial charge on any atom is 0.254 e. The van der Waals surface area contributed by atoms with Gasteiger partial charge in [-0.25, -0.2) is 4.98 Å². The van der Waals surface area contributed by atoms with E-state index < -0.39 is 0 Å². The van der Waals surface area contributed by atoms with Gasteiger partial charge in [-0.1, -0.05) is 32.0 Å². The SMILES string of the molecule is CC(C)CC(=O)N1CCO[C@@H](c2cc(C(=O)N(C)CCO)c3ccccc3n2)C1. The zero-order chi connectivity index (χ0) is 21.0. The Morgan fingerprint density at radius 3 is 2.83 bits per heavy atom. The smallest absolute Gasteiger partial charge is 0.254 e. The van der Waals surface area contributed by atoms with Crippen molar-refractivity contribution in [2.45, 2.75) is 26.4 Å². The van der Waals surface area contributed by atoms with Crippen molar-refractivity contribution in [3.8, 4) is 0 Å². The van der Waals surface area contributed by atoms with E-state index in [1.807, 2.05) is 43.0 Å². The third kappa shape index (κ3) is 4.92. The molecule has 1 aliphatic heterocycles. The minimum absolute atomic E-state index is 0.100. The molecule has 0 bridgehead atoms. The van der Waals surface area contributed by atoms with Crippen LogP contribution in [0.5, 0.6) is 0 Å². The van der Waals surface area contributed by atoms with Crippen LogP contribution in [0.1, 0.15) is 42.4 Å². The van der Waals surface area contributed by atoms with Gasteiger partial charge in [0, 0.05) is 31.9 Å². The minimum Gasteiger partial charge on any atom is -0.395 e. The summed E-state index contributed by atoms with van der Waals surface area (Å²) < 4.78 is 5.92. The van der Waals surface area contributed by atoms with Crippen LogP contribution in [0.4, 0.5) is 0 Å². The Hall–Kier alpha value is -2.51. The van der Waals surface area contributed by atoms with Gasteiger partial charge in [-0.15, -0.1) is 0 Å². The van der Waals surface area contributed by atoms with Crippen LogP contribution < -0.4 is 0 Å². The highest BCUT2D eigenvalue weighted by molar-refractivity contribution is 6.06. The monoisotopic (exact) mass is 399 g/mol. The maximum atomic E-state index is 13.0. The summed E-state index contributed by atoms with van der Waals surface area (Å²) in [6, 6.07) is 9.25. The van der Waals surface area contributed by atoms with Gasteiger partial charge < -0.3 is 19.6 Å². The topological polar surface area (TPSA) is 83.0 Å². The molecule has 156 valence electrons. The summed E-state index contributed by atoms with van der Waals surface area (Å²) >= 11 is 0. The highest BCUT2D eigenvalue weighted by atomic mass is 16.5. The Bertz CT molecular complexity index is 883. The summed E-state index contributed by atoms with van der Waals surface area (Å²) in [5, 5.41) is 9.94. The number of rotatable bonds is 6. The lowest BCUT2D eigenvalue weighted by molar-refractivity contribution is -0.139. The van der Waals surface area contributed by atoms with E-state index in [4.69, 9.17) is 9.72 Å². The van der Waals surface area contributed by atoms with E-state index in [2.05, 4.69) is 0 Å². The van der Waals surface area contributed by atoms with E-state index in [-0.39, 0.29) is 31.1 Å². The third-order valence-corrected chi connectivity index (χ3v) is 5.08. The molecule has 2 aromatic rings. The van der Waals surface area contributed by atoms with Crippen LogP contribution in [-0.4, -0.2) is 71.6 Å². The van der Waals surface area contributed by atoms with Gasteiger partial charge in [-0.3, -0.25) is 9.59 Å². The fourth-order valence-electron chi connectivity index (χ4n) is 3.53. The lowest BCUT2D eigenvalue weighted by Crippen LogP contribution is -2.42. The summed E-state index contributed by atoms with van der Waals surface area (Å²) in [6.45, 7) is 5.65. The molecule has 7 nitrogen and oxygen atoms in total. The van der Waals surface area contributed by atoms with E-state index >= 15 is 0 Å². The molecule has 1 aliphatic rings. The number of pyridine rings is 1. The first-order valence-electron chi connectivity index (χ1n) is 10.1. The molecule has 2 amide bonds. The fraction of sp³-hybridized carbons (Fsp3) is 0.500. The zero-order valence-corrected chi connectivity index (χ0v) is 17.3. The largest absolute Gasteiger partial charge is 0.395 e. The second kappa shape index (κ2) is 9.33. The molecular formula is C22H29N3O4. The molecule has 1 atom stereocenters. The highest BCUT2D eigenvalue weighted by Gasteiger charge is 2.28. The molecule has 29 heavy (non-hydrogen) atoms. The first-order valence-corrected chi connectivity index (χ1v) is 10.1. The van der Waals surface area contributed by atoms with E-state index in [1.54, 1.807) is 13.1 Å². The van der Waals surface area contributed by atoms with Gasteiger partial charge in [0.2, 0.25) is 5.91 Å².